The van der Waals surface area contributed by atoms with Gasteiger partial charge in [-0.1, -0.05) is 30.3 Å². The predicted molar refractivity (Wildman–Crippen MR) is 85.6 cm³/mol. The molecule has 0 aromatic heterocycles. The molecule has 4 heteroatoms. The van der Waals surface area contributed by atoms with Gasteiger partial charge in [-0.05, 0) is 53.5 Å². The average molecular weight is 350 g/mol. The van der Waals surface area contributed by atoms with Gasteiger partial charge in [0.05, 0.1) is 4.47 Å². The van der Waals surface area contributed by atoms with Crippen LogP contribution >= 0.6 is 15.9 Å². The van der Waals surface area contributed by atoms with Crippen LogP contribution in [-0.4, -0.2) is 16.8 Å². The Hall–Kier alpha value is -1.68. The number of halogens is 2. The van der Waals surface area contributed by atoms with E-state index in [0.29, 0.717) is 16.6 Å². The van der Waals surface area contributed by atoms with E-state index in [1.165, 1.54) is 6.07 Å². The van der Waals surface area contributed by atoms with E-state index in [-0.39, 0.29) is 11.9 Å². The van der Waals surface area contributed by atoms with Crippen LogP contribution in [0.5, 0.6) is 0 Å². The fourth-order valence-corrected chi connectivity index (χ4v) is 2.31. The maximum Gasteiger partial charge on any atom is 0.254 e. The first kappa shape index (κ1) is 15.7. The maximum atomic E-state index is 13.6. The first-order chi connectivity index (χ1) is 9.99. The van der Waals surface area contributed by atoms with Crippen LogP contribution in [0.3, 0.4) is 0 Å². The highest BCUT2D eigenvalue weighted by molar-refractivity contribution is 9.10. The van der Waals surface area contributed by atoms with Gasteiger partial charge in [0.2, 0.25) is 0 Å². The van der Waals surface area contributed by atoms with Crippen molar-refractivity contribution in [2.75, 3.05) is 0 Å². The molecule has 0 aliphatic heterocycles. The van der Waals surface area contributed by atoms with E-state index in [9.17, 15) is 9.18 Å². The number of rotatable bonds is 4. The SMILES string of the molecule is CC(C)N(Cc1ccccc1)C(=O)c1ccc(Br)c(F)c1. The van der Waals surface area contributed by atoms with Crippen LogP contribution in [0.4, 0.5) is 4.39 Å². The monoisotopic (exact) mass is 349 g/mol. The first-order valence-electron chi connectivity index (χ1n) is 6.79. The van der Waals surface area contributed by atoms with Crippen molar-refractivity contribution in [1.29, 1.82) is 0 Å². The highest BCUT2D eigenvalue weighted by atomic mass is 79.9. The van der Waals surface area contributed by atoms with Crippen molar-refractivity contribution in [2.24, 2.45) is 0 Å². The molecule has 0 atom stereocenters. The molecule has 2 rings (SSSR count). The quantitative estimate of drug-likeness (QED) is 0.787. The Morgan fingerprint density at radius 3 is 2.43 bits per heavy atom. The third-order valence-electron chi connectivity index (χ3n) is 3.25. The molecule has 0 fully saturated rings. The Morgan fingerprint density at radius 2 is 1.86 bits per heavy atom. The third-order valence-corrected chi connectivity index (χ3v) is 3.89. The van der Waals surface area contributed by atoms with Crippen molar-refractivity contribution < 1.29 is 9.18 Å². The number of hydrogen-bond donors (Lipinski definition) is 0. The van der Waals surface area contributed by atoms with Crippen LogP contribution in [0.15, 0.2) is 53.0 Å². The van der Waals surface area contributed by atoms with Crippen molar-refractivity contribution in [3.8, 4) is 0 Å². The first-order valence-corrected chi connectivity index (χ1v) is 7.58. The molecule has 0 unspecified atom stereocenters. The molecule has 2 aromatic rings. The summed E-state index contributed by atoms with van der Waals surface area (Å²) in [6.45, 7) is 4.42. The molecule has 0 saturated carbocycles. The molecule has 0 aliphatic rings. The van der Waals surface area contributed by atoms with Crippen LogP contribution in [-0.2, 0) is 6.54 Å². The van der Waals surface area contributed by atoms with E-state index in [2.05, 4.69) is 15.9 Å². The lowest BCUT2D eigenvalue weighted by molar-refractivity contribution is 0.0690. The van der Waals surface area contributed by atoms with Gasteiger partial charge < -0.3 is 4.90 Å². The summed E-state index contributed by atoms with van der Waals surface area (Å²) in [4.78, 5) is 14.3. The molecule has 0 N–H and O–H groups in total. The minimum absolute atomic E-state index is 0.0319. The number of carbonyl (C=O) groups excluding carboxylic acids is 1. The summed E-state index contributed by atoms with van der Waals surface area (Å²) >= 11 is 3.10. The fraction of sp³-hybridized carbons (Fsp3) is 0.235. The van der Waals surface area contributed by atoms with Gasteiger partial charge in [0, 0.05) is 18.2 Å². The average Bonchev–Trinajstić information content (AvgIpc) is 2.47. The van der Waals surface area contributed by atoms with Crippen molar-refractivity contribution >= 4 is 21.8 Å². The lowest BCUT2D eigenvalue weighted by atomic mass is 10.1. The molecule has 0 bridgehead atoms. The van der Waals surface area contributed by atoms with Crippen LogP contribution in [0, 0.1) is 5.82 Å². The Balaban J connectivity index is 2.25. The second-order valence-electron chi connectivity index (χ2n) is 5.14. The fourth-order valence-electron chi connectivity index (χ4n) is 2.06. The van der Waals surface area contributed by atoms with E-state index in [1.807, 2.05) is 44.2 Å². The number of carbonyl (C=O) groups is 1. The zero-order valence-electron chi connectivity index (χ0n) is 12.0. The zero-order valence-corrected chi connectivity index (χ0v) is 13.6. The third kappa shape index (κ3) is 3.91. The second-order valence-corrected chi connectivity index (χ2v) is 6.00. The predicted octanol–water partition coefficient (Wildman–Crippen LogP) is 4.64. The van der Waals surface area contributed by atoms with E-state index in [1.54, 1.807) is 17.0 Å². The molecule has 1 amide bonds. The van der Waals surface area contributed by atoms with Gasteiger partial charge in [0.25, 0.3) is 5.91 Å². The lowest BCUT2D eigenvalue weighted by Gasteiger charge is -2.27. The normalized spacial score (nSPS) is 10.7. The molecular weight excluding hydrogens is 333 g/mol. The van der Waals surface area contributed by atoms with Gasteiger partial charge >= 0.3 is 0 Å². The van der Waals surface area contributed by atoms with E-state index < -0.39 is 5.82 Å². The molecular formula is C17H17BrFNO. The summed E-state index contributed by atoms with van der Waals surface area (Å²) in [6.07, 6.45) is 0. The molecule has 2 nitrogen and oxygen atoms in total. The minimum Gasteiger partial charge on any atom is -0.332 e. The minimum atomic E-state index is -0.427. The lowest BCUT2D eigenvalue weighted by Crippen LogP contribution is -2.36. The van der Waals surface area contributed by atoms with Gasteiger partial charge in [-0.15, -0.1) is 0 Å². The Labute approximate surface area is 132 Å². The van der Waals surface area contributed by atoms with Gasteiger partial charge in [-0.25, -0.2) is 4.39 Å². The largest absolute Gasteiger partial charge is 0.332 e. The Morgan fingerprint density at radius 1 is 1.19 bits per heavy atom. The number of hydrogen-bond acceptors (Lipinski definition) is 1. The molecule has 21 heavy (non-hydrogen) atoms. The number of nitrogens with zero attached hydrogens (tertiary/aromatic N) is 1. The van der Waals surface area contributed by atoms with Gasteiger partial charge in [0.15, 0.2) is 0 Å². The molecule has 0 radical (unpaired) electrons. The van der Waals surface area contributed by atoms with Crippen LogP contribution in [0.2, 0.25) is 0 Å². The van der Waals surface area contributed by atoms with Crippen molar-refractivity contribution in [2.45, 2.75) is 26.4 Å². The van der Waals surface area contributed by atoms with Gasteiger partial charge in [0.1, 0.15) is 5.82 Å². The summed E-state index contributed by atoms with van der Waals surface area (Å²) in [6, 6.07) is 14.3. The summed E-state index contributed by atoms with van der Waals surface area (Å²) in [5.74, 6) is -0.593. The molecule has 2 aromatic carbocycles. The Kier molecular flexibility index (Phi) is 5.12. The highest BCUT2D eigenvalue weighted by Gasteiger charge is 2.20. The second kappa shape index (κ2) is 6.85. The summed E-state index contributed by atoms with van der Waals surface area (Å²) in [7, 11) is 0. The summed E-state index contributed by atoms with van der Waals surface area (Å²) < 4.78 is 14.0. The van der Waals surface area contributed by atoms with E-state index in [0.717, 1.165) is 5.56 Å². The van der Waals surface area contributed by atoms with Gasteiger partial charge in [-0.2, -0.15) is 0 Å². The summed E-state index contributed by atoms with van der Waals surface area (Å²) in [5.41, 5.74) is 1.41. The van der Waals surface area contributed by atoms with Crippen molar-refractivity contribution in [3.63, 3.8) is 0 Å². The summed E-state index contributed by atoms with van der Waals surface area (Å²) in [5, 5.41) is 0. The number of benzene rings is 2. The highest BCUT2D eigenvalue weighted by Crippen LogP contribution is 2.19. The molecule has 110 valence electrons. The zero-order chi connectivity index (χ0) is 15.4. The maximum absolute atomic E-state index is 13.6. The van der Waals surface area contributed by atoms with Crippen molar-refractivity contribution in [3.05, 3.63) is 69.9 Å². The molecule has 0 saturated heterocycles. The topological polar surface area (TPSA) is 20.3 Å². The standard InChI is InChI=1S/C17H17BrFNO/c1-12(2)20(11-13-6-4-3-5-7-13)17(21)14-8-9-15(18)16(19)10-14/h3-10,12H,11H2,1-2H3. The van der Waals surface area contributed by atoms with Crippen LogP contribution in [0.1, 0.15) is 29.8 Å². The van der Waals surface area contributed by atoms with Gasteiger partial charge in [-0.3, -0.25) is 4.79 Å². The number of amides is 1. The Bertz CT molecular complexity index is 628. The molecule has 0 heterocycles. The van der Waals surface area contributed by atoms with Crippen LogP contribution in [0.25, 0.3) is 0 Å². The molecule has 0 spiro atoms. The van der Waals surface area contributed by atoms with E-state index in [4.69, 9.17) is 0 Å². The smallest absolute Gasteiger partial charge is 0.254 e. The molecule has 0 aliphatic carbocycles. The van der Waals surface area contributed by atoms with Crippen LogP contribution < -0.4 is 0 Å². The van der Waals surface area contributed by atoms with Crippen molar-refractivity contribution in [1.82, 2.24) is 4.90 Å². The van der Waals surface area contributed by atoms with E-state index >= 15 is 0 Å².